The van der Waals surface area contributed by atoms with Crippen LogP contribution in [0.25, 0.3) is 11.1 Å². The second kappa shape index (κ2) is 8.64. The molecule has 2 aromatic rings. The standard InChI is InChI=1S/C19H22O2S/c20-19(21)18(22)10-6-1-3-7-15-11-13-17(14-12-15)16-8-4-2-5-9-16/h2,4-5,8-9,11-14,18,22H,1,3,6-7,10H2,(H,20,21). The molecule has 116 valence electrons. The number of hydrogen-bond donors (Lipinski definition) is 2. The van der Waals surface area contributed by atoms with Crippen molar-refractivity contribution in [2.75, 3.05) is 0 Å². The Morgan fingerprint density at radius 3 is 2.18 bits per heavy atom. The van der Waals surface area contributed by atoms with E-state index >= 15 is 0 Å². The molecule has 1 unspecified atom stereocenters. The molecular formula is C19H22O2S. The van der Waals surface area contributed by atoms with E-state index in [1.165, 1.54) is 16.7 Å². The normalized spacial score (nSPS) is 12.0. The Labute approximate surface area is 137 Å². The zero-order chi connectivity index (χ0) is 15.8. The first-order chi connectivity index (χ1) is 10.7. The molecule has 0 saturated heterocycles. The number of carboxylic acids is 1. The molecule has 0 heterocycles. The molecule has 3 heteroatoms. The van der Waals surface area contributed by atoms with Gasteiger partial charge in [0.15, 0.2) is 0 Å². The third-order valence-corrected chi connectivity index (χ3v) is 4.27. The van der Waals surface area contributed by atoms with Gasteiger partial charge in [-0.25, -0.2) is 0 Å². The van der Waals surface area contributed by atoms with Crippen LogP contribution in [0.3, 0.4) is 0 Å². The average Bonchev–Trinajstić information content (AvgIpc) is 2.55. The van der Waals surface area contributed by atoms with Crippen molar-refractivity contribution in [3.8, 4) is 11.1 Å². The molecule has 2 aromatic carbocycles. The molecule has 0 aliphatic heterocycles. The Morgan fingerprint density at radius 1 is 0.909 bits per heavy atom. The summed E-state index contributed by atoms with van der Waals surface area (Å²) in [6, 6.07) is 19.1. The van der Waals surface area contributed by atoms with Crippen molar-refractivity contribution in [1.29, 1.82) is 0 Å². The van der Waals surface area contributed by atoms with Crippen LogP contribution in [0.4, 0.5) is 0 Å². The second-order valence-corrected chi connectivity index (χ2v) is 6.14. The first-order valence-electron chi connectivity index (χ1n) is 7.72. The van der Waals surface area contributed by atoms with Gasteiger partial charge in [-0.05, 0) is 36.0 Å². The highest BCUT2D eigenvalue weighted by Crippen LogP contribution is 2.20. The summed E-state index contributed by atoms with van der Waals surface area (Å²) in [4.78, 5) is 10.7. The summed E-state index contributed by atoms with van der Waals surface area (Å²) in [7, 11) is 0. The number of rotatable bonds is 8. The Balaban J connectivity index is 1.74. The number of hydrogen-bond acceptors (Lipinski definition) is 2. The third kappa shape index (κ3) is 5.23. The smallest absolute Gasteiger partial charge is 0.316 e. The number of carbonyl (C=O) groups is 1. The summed E-state index contributed by atoms with van der Waals surface area (Å²) in [5, 5.41) is 8.24. The summed E-state index contributed by atoms with van der Waals surface area (Å²) in [5.41, 5.74) is 3.81. The summed E-state index contributed by atoms with van der Waals surface area (Å²) < 4.78 is 0. The number of aryl methyl sites for hydroxylation is 1. The van der Waals surface area contributed by atoms with Crippen LogP contribution in [-0.4, -0.2) is 16.3 Å². The maximum atomic E-state index is 10.7. The molecule has 0 aromatic heterocycles. The lowest BCUT2D eigenvalue weighted by molar-refractivity contribution is -0.136. The highest BCUT2D eigenvalue weighted by molar-refractivity contribution is 7.81. The fraction of sp³-hybridized carbons (Fsp3) is 0.316. The maximum Gasteiger partial charge on any atom is 0.316 e. The topological polar surface area (TPSA) is 37.3 Å². The minimum atomic E-state index is -0.820. The van der Waals surface area contributed by atoms with E-state index in [0.717, 1.165) is 25.7 Å². The lowest BCUT2D eigenvalue weighted by Crippen LogP contribution is -2.12. The van der Waals surface area contributed by atoms with Gasteiger partial charge in [-0.15, -0.1) is 0 Å². The Bertz CT molecular complexity index is 578. The summed E-state index contributed by atoms with van der Waals surface area (Å²) in [5.74, 6) is -0.820. The van der Waals surface area contributed by atoms with E-state index in [2.05, 4.69) is 61.2 Å². The van der Waals surface area contributed by atoms with Crippen LogP contribution in [0.5, 0.6) is 0 Å². The fourth-order valence-corrected chi connectivity index (χ4v) is 2.64. The quantitative estimate of drug-likeness (QED) is 0.540. The van der Waals surface area contributed by atoms with Crippen LogP contribution >= 0.6 is 12.6 Å². The van der Waals surface area contributed by atoms with Crippen molar-refractivity contribution in [3.05, 3.63) is 60.2 Å². The van der Waals surface area contributed by atoms with Gasteiger partial charge in [0.2, 0.25) is 0 Å². The number of thiol groups is 1. The predicted octanol–water partition coefficient (Wildman–Crippen LogP) is 4.84. The SMILES string of the molecule is O=C(O)C(S)CCCCCc1ccc(-c2ccccc2)cc1. The van der Waals surface area contributed by atoms with E-state index in [0.29, 0.717) is 6.42 Å². The van der Waals surface area contributed by atoms with E-state index in [1.54, 1.807) is 0 Å². The Hall–Kier alpha value is -1.74. The Kier molecular flexibility index (Phi) is 6.53. The zero-order valence-corrected chi connectivity index (χ0v) is 13.5. The van der Waals surface area contributed by atoms with Gasteiger partial charge >= 0.3 is 5.97 Å². The van der Waals surface area contributed by atoms with Crippen molar-refractivity contribution in [2.45, 2.75) is 37.4 Å². The van der Waals surface area contributed by atoms with Gasteiger partial charge in [0.1, 0.15) is 0 Å². The molecular weight excluding hydrogens is 292 g/mol. The molecule has 2 nitrogen and oxygen atoms in total. The lowest BCUT2D eigenvalue weighted by atomic mass is 10.0. The van der Waals surface area contributed by atoms with E-state index in [9.17, 15) is 4.79 Å². The van der Waals surface area contributed by atoms with Crippen LogP contribution in [0.15, 0.2) is 54.6 Å². The molecule has 22 heavy (non-hydrogen) atoms. The van der Waals surface area contributed by atoms with Gasteiger partial charge in [0.25, 0.3) is 0 Å². The summed E-state index contributed by atoms with van der Waals surface area (Å²) in [6.07, 6.45) is 4.74. The summed E-state index contributed by atoms with van der Waals surface area (Å²) >= 11 is 4.04. The maximum absolute atomic E-state index is 10.7. The molecule has 0 bridgehead atoms. The third-order valence-electron chi connectivity index (χ3n) is 3.79. The van der Waals surface area contributed by atoms with Gasteiger partial charge < -0.3 is 5.11 Å². The molecule has 0 radical (unpaired) electrons. The molecule has 1 atom stereocenters. The molecule has 0 spiro atoms. The van der Waals surface area contributed by atoms with Crippen LogP contribution in [0.1, 0.15) is 31.2 Å². The minimum absolute atomic E-state index is 0.523. The van der Waals surface area contributed by atoms with Crippen molar-refractivity contribution in [3.63, 3.8) is 0 Å². The molecule has 2 rings (SSSR count). The molecule has 0 saturated carbocycles. The van der Waals surface area contributed by atoms with E-state index in [4.69, 9.17) is 5.11 Å². The minimum Gasteiger partial charge on any atom is -0.480 e. The first-order valence-corrected chi connectivity index (χ1v) is 8.23. The van der Waals surface area contributed by atoms with Crippen molar-refractivity contribution < 1.29 is 9.90 Å². The second-order valence-electron chi connectivity index (χ2n) is 5.52. The number of aliphatic carboxylic acids is 1. The lowest BCUT2D eigenvalue weighted by Gasteiger charge is -2.06. The zero-order valence-electron chi connectivity index (χ0n) is 12.6. The molecule has 0 aliphatic carbocycles. The van der Waals surface area contributed by atoms with Gasteiger partial charge in [0.05, 0.1) is 5.25 Å². The van der Waals surface area contributed by atoms with Crippen molar-refractivity contribution >= 4 is 18.6 Å². The van der Waals surface area contributed by atoms with Crippen LogP contribution < -0.4 is 0 Å². The molecule has 0 amide bonds. The monoisotopic (exact) mass is 314 g/mol. The van der Waals surface area contributed by atoms with Crippen LogP contribution in [-0.2, 0) is 11.2 Å². The van der Waals surface area contributed by atoms with Gasteiger partial charge in [-0.1, -0.05) is 67.4 Å². The largest absolute Gasteiger partial charge is 0.480 e. The van der Waals surface area contributed by atoms with Crippen LogP contribution in [0.2, 0.25) is 0 Å². The average molecular weight is 314 g/mol. The Morgan fingerprint density at radius 2 is 1.55 bits per heavy atom. The van der Waals surface area contributed by atoms with Gasteiger partial charge in [-0.2, -0.15) is 12.6 Å². The van der Waals surface area contributed by atoms with Crippen molar-refractivity contribution in [1.82, 2.24) is 0 Å². The fourth-order valence-electron chi connectivity index (χ4n) is 2.46. The first kappa shape index (κ1) is 16.6. The number of benzene rings is 2. The van der Waals surface area contributed by atoms with E-state index in [1.807, 2.05) is 6.07 Å². The molecule has 1 N–H and O–H groups in total. The van der Waals surface area contributed by atoms with Gasteiger partial charge in [0, 0.05) is 0 Å². The number of carboxylic acid groups (broad SMARTS) is 1. The van der Waals surface area contributed by atoms with E-state index < -0.39 is 11.2 Å². The number of unbranched alkanes of at least 4 members (excludes halogenated alkanes) is 2. The van der Waals surface area contributed by atoms with Gasteiger partial charge in [-0.3, -0.25) is 4.79 Å². The predicted molar refractivity (Wildman–Crippen MR) is 94.5 cm³/mol. The summed E-state index contributed by atoms with van der Waals surface area (Å²) in [6.45, 7) is 0. The molecule has 0 aliphatic rings. The van der Waals surface area contributed by atoms with Crippen LogP contribution in [0, 0.1) is 0 Å². The van der Waals surface area contributed by atoms with Crippen molar-refractivity contribution in [2.24, 2.45) is 0 Å². The highest BCUT2D eigenvalue weighted by atomic mass is 32.1. The van der Waals surface area contributed by atoms with E-state index in [-0.39, 0.29) is 0 Å². The molecule has 0 fully saturated rings. The highest BCUT2D eigenvalue weighted by Gasteiger charge is 2.10.